The highest BCUT2D eigenvalue weighted by Crippen LogP contribution is 2.19. The molecule has 2 nitrogen and oxygen atoms in total. The Labute approximate surface area is 116 Å². The van der Waals surface area contributed by atoms with Gasteiger partial charge in [0.25, 0.3) is 0 Å². The third-order valence-corrected chi connectivity index (χ3v) is 3.46. The molecule has 0 saturated heterocycles. The molecule has 0 aliphatic carbocycles. The SMILES string of the molecule is O=C(/C=C\c1cccs1)Nc1ccc(Br)cc1F. The quantitative estimate of drug-likeness (QED) is 0.837. The molecule has 1 N–H and O–H groups in total. The lowest BCUT2D eigenvalue weighted by Crippen LogP contribution is -2.09. The van der Waals surface area contributed by atoms with Gasteiger partial charge in [0.05, 0.1) is 5.69 Å². The molecule has 0 spiro atoms. The van der Waals surface area contributed by atoms with Crippen molar-refractivity contribution >= 4 is 44.9 Å². The number of anilines is 1. The van der Waals surface area contributed by atoms with Gasteiger partial charge in [-0.15, -0.1) is 11.3 Å². The van der Waals surface area contributed by atoms with E-state index in [9.17, 15) is 9.18 Å². The van der Waals surface area contributed by atoms with Crippen molar-refractivity contribution in [3.63, 3.8) is 0 Å². The Morgan fingerprint density at radius 2 is 2.22 bits per heavy atom. The van der Waals surface area contributed by atoms with E-state index in [-0.39, 0.29) is 11.6 Å². The van der Waals surface area contributed by atoms with E-state index in [2.05, 4.69) is 21.2 Å². The largest absolute Gasteiger partial charge is 0.320 e. The van der Waals surface area contributed by atoms with Gasteiger partial charge in [0.1, 0.15) is 5.82 Å². The highest BCUT2D eigenvalue weighted by atomic mass is 79.9. The van der Waals surface area contributed by atoms with Crippen molar-refractivity contribution in [2.45, 2.75) is 0 Å². The lowest BCUT2D eigenvalue weighted by molar-refractivity contribution is -0.111. The van der Waals surface area contributed by atoms with Crippen molar-refractivity contribution in [1.82, 2.24) is 0 Å². The highest BCUT2D eigenvalue weighted by molar-refractivity contribution is 9.10. The average Bonchev–Trinajstić information content (AvgIpc) is 2.83. The van der Waals surface area contributed by atoms with Gasteiger partial charge in [-0.2, -0.15) is 0 Å². The predicted molar refractivity (Wildman–Crippen MR) is 76.1 cm³/mol. The summed E-state index contributed by atoms with van der Waals surface area (Å²) < 4.78 is 14.1. The summed E-state index contributed by atoms with van der Waals surface area (Å²) >= 11 is 4.68. The Morgan fingerprint density at radius 1 is 1.39 bits per heavy atom. The van der Waals surface area contributed by atoms with Crippen molar-refractivity contribution in [3.8, 4) is 0 Å². The van der Waals surface area contributed by atoms with Gasteiger partial charge in [-0.25, -0.2) is 4.39 Å². The summed E-state index contributed by atoms with van der Waals surface area (Å²) in [6, 6.07) is 8.28. The number of carbonyl (C=O) groups excluding carboxylic acids is 1. The molecule has 2 rings (SSSR count). The van der Waals surface area contributed by atoms with Crippen LogP contribution in [0.25, 0.3) is 6.08 Å². The van der Waals surface area contributed by atoms with Crippen LogP contribution in [-0.2, 0) is 4.79 Å². The first-order chi connectivity index (χ1) is 8.65. The van der Waals surface area contributed by atoms with E-state index in [0.717, 1.165) is 4.88 Å². The van der Waals surface area contributed by atoms with Crippen LogP contribution in [0, 0.1) is 5.82 Å². The molecule has 2 aromatic rings. The summed E-state index contributed by atoms with van der Waals surface area (Å²) in [5.74, 6) is -0.827. The fraction of sp³-hybridized carbons (Fsp3) is 0. The van der Waals surface area contributed by atoms with Crippen molar-refractivity contribution in [1.29, 1.82) is 0 Å². The molecule has 18 heavy (non-hydrogen) atoms. The Morgan fingerprint density at radius 3 is 2.89 bits per heavy atom. The number of nitrogens with one attached hydrogen (secondary N) is 1. The minimum atomic E-state index is -0.470. The smallest absolute Gasteiger partial charge is 0.248 e. The van der Waals surface area contributed by atoms with E-state index >= 15 is 0 Å². The minimum absolute atomic E-state index is 0.166. The third kappa shape index (κ3) is 3.51. The van der Waals surface area contributed by atoms with Crippen LogP contribution >= 0.6 is 27.3 Å². The molecule has 0 atom stereocenters. The van der Waals surface area contributed by atoms with Gasteiger partial charge in [0.15, 0.2) is 0 Å². The first-order valence-corrected chi connectivity index (χ1v) is 6.80. The summed E-state index contributed by atoms with van der Waals surface area (Å²) in [4.78, 5) is 12.5. The van der Waals surface area contributed by atoms with Gasteiger partial charge in [0, 0.05) is 15.4 Å². The first-order valence-electron chi connectivity index (χ1n) is 5.13. The van der Waals surface area contributed by atoms with Gasteiger partial charge >= 0.3 is 0 Å². The molecule has 0 radical (unpaired) electrons. The van der Waals surface area contributed by atoms with E-state index in [1.807, 2.05) is 17.5 Å². The van der Waals surface area contributed by atoms with Gasteiger partial charge in [-0.05, 0) is 35.7 Å². The molecule has 0 aliphatic rings. The second-order valence-corrected chi connectivity index (χ2v) is 5.36. The van der Waals surface area contributed by atoms with E-state index in [1.54, 1.807) is 12.1 Å². The molecular weight excluding hydrogens is 317 g/mol. The van der Waals surface area contributed by atoms with Gasteiger partial charge < -0.3 is 5.32 Å². The second kappa shape index (κ2) is 5.93. The van der Waals surface area contributed by atoms with Crippen LogP contribution in [0.3, 0.4) is 0 Å². The first kappa shape index (κ1) is 13.0. The fourth-order valence-electron chi connectivity index (χ4n) is 1.31. The molecule has 1 aromatic carbocycles. The second-order valence-electron chi connectivity index (χ2n) is 3.46. The van der Waals surface area contributed by atoms with Crippen LogP contribution < -0.4 is 5.32 Å². The molecule has 0 saturated carbocycles. The third-order valence-electron chi connectivity index (χ3n) is 2.13. The number of benzene rings is 1. The molecule has 1 aromatic heterocycles. The van der Waals surface area contributed by atoms with Crippen molar-refractivity contribution in [2.75, 3.05) is 5.32 Å². The topological polar surface area (TPSA) is 29.1 Å². The molecular formula is C13H9BrFNOS. The summed E-state index contributed by atoms with van der Waals surface area (Å²) in [6.45, 7) is 0. The minimum Gasteiger partial charge on any atom is -0.320 e. The van der Waals surface area contributed by atoms with E-state index in [4.69, 9.17) is 0 Å². The van der Waals surface area contributed by atoms with Crippen molar-refractivity contribution in [3.05, 3.63) is 57.0 Å². The van der Waals surface area contributed by atoms with E-state index < -0.39 is 5.82 Å². The van der Waals surface area contributed by atoms with Crippen LogP contribution in [0.2, 0.25) is 0 Å². The molecule has 0 unspecified atom stereocenters. The molecule has 0 fully saturated rings. The molecule has 5 heteroatoms. The zero-order valence-electron chi connectivity index (χ0n) is 9.19. The molecule has 1 heterocycles. The van der Waals surface area contributed by atoms with Gasteiger partial charge in [-0.3, -0.25) is 4.79 Å². The van der Waals surface area contributed by atoms with Crippen LogP contribution in [0.15, 0.2) is 46.3 Å². The number of amides is 1. The highest BCUT2D eigenvalue weighted by Gasteiger charge is 2.04. The number of hydrogen-bond donors (Lipinski definition) is 1. The maximum atomic E-state index is 13.5. The van der Waals surface area contributed by atoms with Crippen molar-refractivity contribution < 1.29 is 9.18 Å². The fourth-order valence-corrected chi connectivity index (χ4v) is 2.26. The standard InChI is InChI=1S/C13H9BrFNOS/c14-9-3-5-12(11(15)8-9)16-13(17)6-4-10-2-1-7-18-10/h1-8H,(H,16,17)/b6-4-. The number of carbonyl (C=O) groups is 1. The van der Waals surface area contributed by atoms with E-state index in [1.165, 1.54) is 29.5 Å². The maximum Gasteiger partial charge on any atom is 0.248 e. The zero-order chi connectivity index (χ0) is 13.0. The normalized spacial score (nSPS) is 10.8. The Balaban J connectivity index is 2.03. The Kier molecular flexibility index (Phi) is 4.28. The summed E-state index contributed by atoms with van der Waals surface area (Å²) in [7, 11) is 0. The maximum absolute atomic E-state index is 13.5. The molecule has 0 bridgehead atoms. The number of thiophene rings is 1. The molecule has 92 valence electrons. The summed E-state index contributed by atoms with van der Waals surface area (Å²) in [6.07, 6.45) is 3.07. The average molecular weight is 326 g/mol. The van der Waals surface area contributed by atoms with Gasteiger partial charge in [-0.1, -0.05) is 22.0 Å². The Bertz CT molecular complexity index is 581. The van der Waals surface area contributed by atoms with Crippen LogP contribution in [-0.4, -0.2) is 5.91 Å². The Hall–Kier alpha value is -1.46. The predicted octanol–water partition coefficient (Wildman–Crippen LogP) is 4.30. The van der Waals surface area contributed by atoms with Crippen molar-refractivity contribution in [2.24, 2.45) is 0 Å². The lowest BCUT2D eigenvalue weighted by atomic mass is 10.3. The number of halogens is 2. The molecule has 0 aliphatic heterocycles. The summed E-state index contributed by atoms with van der Waals surface area (Å²) in [5, 5.41) is 4.41. The number of rotatable bonds is 3. The van der Waals surface area contributed by atoms with Crippen LogP contribution in [0.4, 0.5) is 10.1 Å². The van der Waals surface area contributed by atoms with Gasteiger partial charge in [0.2, 0.25) is 5.91 Å². The van der Waals surface area contributed by atoms with E-state index in [0.29, 0.717) is 4.47 Å². The number of hydrogen-bond acceptors (Lipinski definition) is 2. The summed E-state index contributed by atoms with van der Waals surface area (Å²) in [5.41, 5.74) is 0.166. The van der Waals surface area contributed by atoms with Crippen LogP contribution in [0.1, 0.15) is 4.88 Å². The zero-order valence-corrected chi connectivity index (χ0v) is 11.6. The monoisotopic (exact) mass is 325 g/mol. The van der Waals surface area contributed by atoms with Crippen LogP contribution in [0.5, 0.6) is 0 Å². The molecule has 1 amide bonds. The lowest BCUT2D eigenvalue weighted by Gasteiger charge is -2.03.